The number of nitrogens with zero attached hydrogens (tertiary/aromatic N) is 1. The highest BCUT2D eigenvalue weighted by molar-refractivity contribution is 5.79. The van der Waals surface area contributed by atoms with Gasteiger partial charge in [0.2, 0.25) is 5.91 Å². The Bertz CT molecular complexity index is 992. The zero-order valence-electron chi connectivity index (χ0n) is 41.3. The first-order valence-corrected chi connectivity index (χ1v) is 27.1. The molecular formula is C53H103N3O6. The molecule has 1 aliphatic rings. The average Bonchev–Trinajstić information content (AvgIpc) is 3.81. The van der Waals surface area contributed by atoms with E-state index < -0.39 is 6.10 Å². The summed E-state index contributed by atoms with van der Waals surface area (Å²) < 4.78 is 11.6. The molecule has 2 atom stereocenters. The number of unbranched alkanes of at least 4 members (excludes halogenated alkanes) is 25. The Labute approximate surface area is 383 Å². The molecule has 366 valence electrons. The maximum atomic E-state index is 12.9. The van der Waals surface area contributed by atoms with Crippen molar-refractivity contribution in [3.63, 3.8) is 0 Å². The molecule has 62 heavy (non-hydrogen) atoms. The Kier molecular flexibility index (Phi) is 41.8. The standard InChI is InChI=1S/C53H103N3O6/c1-4-7-10-13-16-17-18-24-34-45-61-51(58)38-29-25-33-44-56(47-49(57)35-30-31-41-55-53(60)48-40-42-54-46-48)43-32-23-19-22-28-39-52(59)62-50(36-26-20-14-11-8-5-2)37-27-21-15-12-9-6-3/h48-50,54,57H,4-47H2,1-3H3,(H,55,60)/t48-,49?/m0/s1. The highest BCUT2D eigenvalue weighted by Gasteiger charge is 2.22. The first-order valence-electron chi connectivity index (χ1n) is 27.1. The molecule has 9 nitrogen and oxygen atoms in total. The summed E-state index contributed by atoms with van der Waals surface area (Å²) >= 11 is 0. The minimum Gasteiger partial charge on any atom is -0.466 e. The first-order chi connectivity index (χ1) is 30.4. The molecule has 0 aromatic carbocycles. The summed E-state index contributed by atoms with van der Waals surface area (Å²) in [6.45, 7) is 12.2. The van der Waals surface area contributed by atoms with E-state index in [1.807, 2.05) is 0 Å². The predicted molar refractivity (Wildman–Crippen MR) is 261 cm³/mol. The van der Waals surface area contributed by atoms with Crippen LogP contribution < -0.4 is 10.6 Å². The van der Waals surface area contributed by atoms with Crippen LogP contribution in [0.4, 0.5) is 0 Å². The van der Waals surface area contributed by atoms with Gasteiger partial charge in [0.15, 0.2) is 0 Å². The zero-order valence-corrected chi connectivity index (χ0v) is 41.3. The van der Waals surface area contributed by atoms with Crippen LogP contribution in [-0.4, -0.2) is 85.9 Å². The maximum Gasteiger partial charge on any atom is 0.306 e. The topological polar surface area (TPSA) is 117 Å². The molecule has 1 aliphatic heterocycles. The van der Waals surface area contributed by atoms with Gasteiger partial charge in [0.1, 0.15) is 6.10 Å². The van der Waals surface area contributed by atoms with Gasteiger partial charge in [-0.25, -0.2) is 0 Å². The van der Waals surface area contributed by atoms with Crippen molar-refractivity contribution in [3.05, 3.63) is 0 Å². The van der Waals surface area contributed by atoms with Gasteiger partial charge in [-0.05, 0) is 103 Å². The Balaban J connectivity index is 2.38. The van der Waals surface area contributed by atoms with E-state index in [0.29, 0.717) is 32.5 Å². The third-order valence-corrected chi connectivity index (χ3v) is 12.9. The number of amides is 1. The molecule has 0 radical (unpaired) electrons. The summed E-state index contributed by atoms with van der Waals surface area (Å²) in [4.78, 5) is 40.0. The van der Waals surface area contributed by atoms with Crippen LogP contribution in [0.5, 0.6) is 0 Å². The summed E-state index contributed by atoms with van der Waals surface area (Å²) in [5.74, 6) is 0.174. The van der Waals surface area contributed by atoms with Crippen LogP contribution in [0.3, 0.4) is 0 Å². The summed E-state index contributed by atoms with van der Waals surface area (Å²) in [5, 5.41) is 17.3. The fourth-order valence-corrected chi connectivity index (χ4v) is 8.82. The van der Waals surface area contributed by atoms with Crippen LogP contribution in [0.1, 0.15) is 258 Å². The smallest absolute Gasteiger partial charge is 0.306 e. The molecule has 0 spiro atoms. The zero-order chi connectivity index (χ0) is 45.0. The number of carbonyl (C=O) groups is 3. The van der Waals surface area contributed by atoms with Crippen LogP contribution in [0.15, 0.2) is 0 Å². The number of rotatable bonds is 47. The van der Waals surface area contributed by atoms with Crippen LogP contribution in [-0.2, 0) is 23.9 Å². The highest BCUT2D eigenvalue weighted by Crippen LogP contribution is 2.19. The minimum absolute atomic E-state index is 0.00677. The van der Waals surface area contributed by atoms with Crippen LogP contribution in [0.25, 0.3) is 0 Å². The lowest BCUT2D eigenvalue weighted by atomic mass is 10.0. The van der Waals surface area contributed by atoms with Gasteiger partial charge in [0.05, 0.1) is 18.6 Å². The monoisotopic (exact) mass is 878 g/mol. The van der Waals surface area contributed by atoms with Crippen molar-refractivity contribution < 1.29 is 29.0 Å². The Morgan fingerprint density at radius 2 is 1.05 bits per heavy atom. The second-order valence-corrected chi connectivity index (χ2v) is 19.0. The Morgan fingerprint density at radius 3 is 1.60 bits per heavy atom. The number of nitrogens with one attached hydrogen (secondary N) is 2. The van der Waals surface area contributed by atoms with Crippen molar-refractivity contribution in [2.45, 2.75) is 271 Å². The van der Waals surface area contributed by atoms with Crippen LogP contribution >= 0.6 is 0 Å². The molecule has 1 unspecified atom stereocenters. The predicted octanol–water partition coefficient (Wildman–Crippen LogP) is 12.9. The van der Waals surface area contributed by atoms with E-state index in [1.165, 1.54) is 109 Å². The van der Waals surface area contributed by atoms with Crippen molar-refractivity contribution in [2.75, 3.05) is 45.9 Å². The lowest BCUT2D eigenvalue weighted by Gasteiger charge is -2.25. The molecule has 1 saturated heterocycles. The lowest BCUT2D eigenvalue weighted by molar-refractivity contribution is -0.150. The number of ether oxygens (including phenoxy) is 2. The molecule has 1 heterocycles. The molecule has 3 N–H and O–H groups in total. The van der Waals surface area contributed by atoms with E-state index in [4.69, 9.17) is 9.47 Å². The number of carbonyl (C=O) groups excluding carboxylic acids is 3. The van der Waals surface area contributed by atoms with E-state index in [9.17, 15) is 19.5 Å². The van der Waals surface area contributed by atoms with Crippen molar-refractivity contribution in [2.24, 2.45) is 5.92 Å². The molecule has 1 amide bonds. The second kappa shape index (κ2) is 44.5. The average molecular weight is 878 g/mol. The van der Waals surface area contributed by atoms with Gasteiger partial charge in [-0.3, -0.25) is 14.4 Å². The van der Waals surface area contributed by atoms with Crippen molar-refractivity contribution in [1.82, 2.24) is 15.5 Å². The van der Waals surface area contributed by atoms with Gasteiger partial charge < -0.3 is 30.1 Å². The number of hydrogen-bond donors (Lipinski definition) is 3. The highest BCUT2D eigenvalue weighted by atomic mass is 16.5. The maximum absolute atomic E-state index is 12.9. The van der Waals surface area contributed by atoms with Gasteiger partial charge in [-0.15, -0.1) is 0 Å². The second-order valence-electron chi connectivity index (χ2n) is 19.0. The quantitative estimate of drug-likeness (QED) is 0.0409. The number of hydrogen-bond acceptors (Lipinski definition) is 8. The van der Waals surface area contributed by atoms with Crippen molar-refractivity contribution in [1.29, 1.82) is 0 Å². The molecule has 0 aliphatic carbocycles. The lowest BCUT2D eigenvalue weighted by Crippen LogP contribution is -2.34. The van der Waals surface area contributed by atoms with E-state index in [1.54, 1.807) is 0 Å². The summed E-state index contributed by atoms with van der Waals surface area (Å²) in [6, 6.07) is 0. The third-order valence-electron chi connectivity index (χ3n) is 12.9. The number of aliphatic hydroxyl groups is 1. The SMILES string of the molecule is CCCCCCCCCCCOC(=O)CCCCCN(CCCCCCCC(=O)OC(CCCCCCCC)CCCCCCCC)CC(O)CCCCNC(=O)[C@H]1CCNC1. The molecule has 9 heteroatoms. The van der Waals surface area contributed by atoms with Crippen LogP contribution in [0, 0.1) is 5.92 Å². The molecule has 0 bridgehead atoms. The van der Waals surface area contributed by atoms with E-state index in [0.717, 1.165) is 142 Å². The molecule has 0 saturated carbocycles. The largest absolute Gasteiger partial charge is 0.466 e. The Morgan fingerprint density at radius 1 is 0.581 bits per heavy atom. The van der Waals surface area contributed by atoms with Gasteiger partial charge in [0, 0.05) is 32.5 Å². The fraction of sp³-hybridized carbons (Fsp3) is 0.943. The van der Waals surface area contributed by atoms with Crippen LogP contribution in [0.2, 0.25) is 0 Å². The summed E-state index contributed by atoms with van der Waals surface area (Å²) in [7, 11) is 0. The molecule has 0 aromatic heterocycles. The summed E-state index contributed by atoms with van der Waals surface area (Å²) in [6.07, 6.45) is 40.7. The summed E-state index contributed by atoms with van der Waals surface area (Å²) in [5.41, 5.74) is 0. The minimum atomic E-state index is -0.391. The van der Waals surface area contributed by atoms with Gasteiger partial charge >= 0.3 is 11.9 Å². The van der Waals surface area contributed by atoms with Crippen molar-refractivity contribution >= 4 is 17.8 Å². The van der Waals surface area contributed by atoms with Gasteiger partial charge in [0.25, 0.3) is 0 Å². The molecule has 0 aromatic rings. The molecule has 1 rings (SSSR count). The number of aliphatic hydroxyl groups excluding tert-OH is 1. The van der Waals surface area contributed by atoms with Crippen molar-refractivity contribution in [3.8, 4) is 0 Å². The van der Waals surface area contributed by atoms with Gasteiger partial charge in [-0.1, -0.05) is 162 Å². The van der Waals surface area contributed by atoms with E-state index in [2.05, 4.69) is 36.3 Å². The fourth-order valence-electron chi connectivity index (χ4n) is 8.82. The molecular weight excluding hydrogens is 775 g/mol. The molecule has 1 fully saturated rings. The van der Waals surface area contributed by atoms with Gasteiger partial charge in [-0.2, -0.15) is 0 Å². The van der Waals surface area contributed by atoms with E-state index in [-0.39, 0.29) is 29.9 Å². The number of esters is 2. The normalized spacial score (nSPS) is 14.5. The first kappa shape index (κ1) is 58.3. The van der Waals surface area contributed by atoms with E-state index >= 15 is 0 Å². The third kappa shape index (κ3) is 37.6. The Hall–Kier alpha value is -1.71.